The van der Waals surface area contributed by atoms with Gasteiger partial charge in [0, 0.05) is 12.0 Å². The maximum absolute atomic E-state index is 13.2. The van der Waals surface area contributed by atoms with Crippen molar-refractivity contribution < 1.29 is 14.2 Å². The number of fused-ring (bicyclic) bond motifs is 1. The second-order valence-electron chi connectivity index (χ2n) is 7.12. The summed E-state index contributed by atoms with van der Waals surface area (Å²) in [7, 11) is 0. The summed E-state index contributed by atoms with van der Waals surface area (Å²) in [5, 5.41) is 10.6. The normalized spacial score (nSPS) is 19.3. The van der Waals surface area contributed by atoms with E-state index in [9.17, 15) is 9.50 Å². The average Bonchev–Trinajstić information content (AvgIpc) is 2.45. The first-order valence-corrected chi connectivity index (χ1v) is 8.00. The smallest absolute Gasteiger partial charge is 0.126 e. The van der Waals surface area contributed by atoms with Crippen LogP contribution in [0, 0.1) is 11.9 Å². The Morgan fingerprint density at radius 3 is 2.52 bits per heavy atom. The quantitative estimate of drug-likeness (QED) is 0.844. The highest BCUT2D eigenvalue weighted by molar-refractivity contribution is 5.72. The van der Waals surface area contributed by atoms with Gasteiger partial charge in [-0.05, 0) is 60.7 Å². The summed E-state index contributed by atoms with van der Waals surface area (Å²) in [4.78, 5) is 0. The van der Waals surface area contributed by atoms with Crippen molar-refractivity contribution in [1.82, 2.24) is 0 Å². The van der Waals surface area contributed by atoms with Gasteiger partial charge in [0.25, 0.3) is 0 Å². The molecule has 1 atom stereocenters. The lowest BCUT2D eigenvalue weighted by Crippen LogP contribution is -2.35. The molecule has 23 heavy (non-hydrogen) atoms. The number of hydrogen-bond donors (Lipinski definition) is 1. The van der Waals surface area contributed by atoms with Gasteiger partial charge in [-0.25, -0.2) is 4.39 Å². The Morgan fingerprint density at radius 1 is 1.26 bits per heavy atom. The van der Waals surface area contributed by atoms with Gasteiger partial charge in [0.1, 0.15) is 17.2 Å². The molecular formula is C20H22FO2. The van der Waals surface area contributed by atoms with Gasteiger partial charge >= 0.3 is 0 Å². The second-order valence-corrected chi connectivity index (χ2v) is 7.12. The van der Waals surface area contributed by atoms with Crippen molar-refractivity contribution in [1.29, 1.82) is 0 Å². The summed E-state index contributed by atoms with van der Waals surface area (Å²) in [6.45, 7) is 8.14. The van der Waals surface area contributed by atoms with Gasteiger partial charge in [0.2, 0.25) is 0 Å². The monoisotopic (exact) mass is 313 g/mol. The molecule has 1 aliphatic rings. The van der Waals surface area contributed by atoms with Crippen LogP contribution in [0.5, 0.6) is 5.75 Å². The molecule has 0 saturated heterocycles. The lowest BCUT2D eigenvalue weighted by atomic mass is 9.84. The Hall–Kier alpha value is -1.87. The summed E-state index contributed by atoms with van der Waals surface area (Å²) in [6, 6.07) is 11.7. The van der Waals surface area contributed by atoms with Crippen molar-refractivity contribution in [3.63, 3.8) is 0 Å². The molecule has 0 aliphatic carbocycles. The average molecular weight is 313 g/mol. The Bertz CT molecular complexity index is 717. The predicted molar refractivity (Wildman–Crippen MR) is 89.0 cm³/mol. The van der Waals surface area contributed by atoms with Gasteiger partial charge in [-0.15, -0.1) is 0 Å². The highest BCUT2D eigenvalue weighted by Gasteiger charge is 2.35. The zero-order valence-corrected chi connectivity index (χ0v) is 14.0. The van der Waals surface area contributed by atoms with Crippen LogP contribution in [-0.4, -0.2) is 10.7 Å². The fraction of sp³-hybridized carbons (Fsp3) is 0.400. The highest BCUT2D eigenvalue weighted by atomic mass is 19.1. The molecule has 3 heteroatoms. The van der Waals surface area contributed by atoms with E-state index in [1.165, 1.54) is 12.1 Å². The largest absolute Gasteiger partial charge is 0.487 e. The lowest BCUT2D eigenvalue weighted by Gasteiger charge is -2.37. The van der Waals surface area contributed by atoms with Crippen molar-refractivity contribution in [3.05, 3.63) is 53.3 Å². The van der Waals surface area contributed by atoms with Gasteiger partial charge in [-0.3, -0.25) is 0 Å². The molecule has 2 aromatic rings. The van der Waals surface area contributed by atoms with Gasteiger partial charge < -0.3 is 9.84 Å². The number of halogens is 1. The number of aliphatic hydroxyl groups excluding tert-OH is 1. The van der Waals surface area contributed by atoms with Crippen LogP contribution >= 0.6 is 0 Å². The molecule has 1 radical (unpaired) electrons. The van der Waals surface area contributed by atoms with E-state index in [0.29, 0.717) is 12.2 Å². The molecule has 0 aromatic heterocycles. The van der Waals surface area contributed by atoms with Crippen LogP contribution in [0.15, 0.2) is 30.3 Å². The topological polar surface area (TPSA) is 29.5 Å². The van der Waals surface area contributed by atoms with E-state index in [1.807, 2.05) is 19.9 Å². The third-order valence-corrected chi connectivity index (χ3v) is 4.25. The lowest BCUT2D eigenvalue weighted by molar-refractivity contribution is 0.0118. The van der Waals surface area contributed by atoms with Crippen molar-refractivity contribution in [2.45, 2.75) is 51.7 Å². The summed E-state index contributed by atoms with van der Waals surface area (Å²) < 4.78 is 19.4. The van der Waals surface area contributed by atoms with Crippen LogP contribution in [0.2, 0.25) is 0 Å². The van der Waals surface area contributed by atoms with Crippen LogP contribution in [0.4, 0.5) is 4.39 Å². The Labute approximate surface area is 136 Å². The van der Waals surface area contributed by atoms with E-state index in [2.05, 4.69) is 19.9 Å². The molecule has 1 unspecified atom stereocenters. The summed E-state index contributed by atoms with van der Waals surface area (Å²) in [5.74, 6) is 0.710. The first-order chi connectivity index (χ1) is 10.8. The molecule has 2 aromatic carbocycles. The zero-order valence-electron chi connectivity index (χ0n) is 14.0. The van der Waals surface area contributed by atoms with Gasteiger partial charge in [0.15, 0.2) is 0 Å². The van der Waals surface area contributed by atoms with Gasteiger partial charge in [0.05, 0.1) is 6.10 Å². The van der Waals surface area contributed by atoms with Crippen molar-refractivity contribution in [3.8, 4) is 16.9 Å². The van der Waals surface area contributed by atoms with Crippen LogP contribution in [0.1, 0.15) is 57.3 Å². The van der Waals surface area contributed by atoms with Crippen molar-refractivity contribution in [2.75, 3.05) is 0 Å². The number of benzene rings is 2. The summed E-state index contributed by atoms with van der Waals surface area (Å²) in [5.41, 5.74) is 3.00. The molecule has 1 aliphatic heterocycles. The molecule has 0 spiro atoms. The summed E-state index contributed by atoms with van der Waals surface area (Å²) >= 11 is 0. The van der Waals surface area contributed by atoms with E-state index in [4.69, 9.17) is 4.74 Å². The predicted octanol–water partition coefficient (Wildman–Crippen LogP) is 5.01. The third-order valence-electron chi connectivity index (χ3n) is 4.25. The molecule has 0 amide bonds. The Morgan fingerprint density at radius 2 is 1.91 bits per heavy atom. The third kappa shape index (κ3) is 3.11. The molecule has 1 heterocycles. The minimum atomic E-state index is -0.619. The van der Waals surface area contributed by atoms with E-state index < -0.39 is 11.7 Å². The molecule has 0 fully saturated rings. The van der Waals surface area contributed by atoms with Gasteiger partial charge in [-0.2, -0.15) is 0 Å². The molecule has 0 bridgehead atoms. The van der Waals surface area contributed by atoms with Crippen molar-refractivity contribution >= 4 is 0 Å². The molecule has 1 N–H and O–H groups in total. The first kappa shape index (κ1) is 16.0. The zero-order chi connectivity index (χ0) is 16.8. The Kier molecular flexibility index (Phi) is 3.93. The minimum absolute atomic E-state index is 0.277. The van der Waals surface area contributed by atoms with Crippen molar-refractivity contribution in [2.24, 2.45) is 0 Å². The van der Waals surface area contributed by atoms with E-state index in [0.717, 1.165) is 22.3 Å². The summed E-state index contributed by atoms with van der Waals surface area (Å²) in [6.07, 6.45) is -0.102. The molecule has 121 valence electrons. The minimum Gasteiger partial charge on any atom is -0.487 e. The number of hydrogen-bond acceptors (Lipinski definition) is 2. The molecule has 3 rings (SSSR count). The van der Waals surface area contributed by atoms with Crippen LogP contribution in [0.25, 0.3) is 11.1 Å². The fourth-order valence-corrected chi connectivity index (χ4v) is 3.07. The maximum Gasteiger partial charge on any atom is 0.126 e. The first-order valence-electron chi connectivity index (χ1n) is 8.00. The second kappa shape index (κ2) is 5.64. The van der Waals surface area contributed by atoms with Gasteiger partial charge in [-0.1, -0.05) is 26.0 Å². The fourth-order valence-electron chi connectivity index (χ4n) is 3.07. The standard InChI is InChI=1S/C20H22FO2/c1-12(2)14-9-16(13-5-7-15(21)8-6-13)19-17(22)11-20(3,4)23-18(19)10-14/h5-8,10,12,17,22H,11H2,1-4H3. The SMILES string of the molecule is CC(C)c1[c]c(-c2ccc(F)cc2)c2c(c1)OC(C)(C)CC2O. The van der Waals surface area contributed by atoms with E-state index in [1.54, 1.807) is 12.1 Å². The molecule has 0 saturated carbocycles. The Balaban J connectivity index is 2.22. The number of rotatable bonds is 2. The highest BCUT2D eigenvalue weighted by Crippen LogP contribution is 2.45. The maximum atomic E-state index is 13.2. The molecular weight excluding hydrogens is 291 g/mol. The van der Waals surface area contributed by atoms with E-state index in [-0.39, 0.29) is 11.7 Å². The molecule has 2 nitrogen and oxygen atoms in total. The van der Waals surface area contributed by atoms with Crippen LogP contribution in [-0.2, 0) is 0 Å². The van der Waals surface area contributed by atoms with Crippen LogP contribution in [0.3, 0.4) is 0 Å². The number of aliphatic hydroxyl groups is 1. The number of ether oxygens (including phenoxy) is 1. The van der Waals surface area contributed by atoms with E-state index >= 15 is 0 Å². The van der Waals surface area contributed by atoms with Crippen LogP contribution < -0.4 is 4.74 Å².